The molecule has 1 saturated heterocycles. The molecule has 1 amide bonds. The van der Waals surface area contributed by atoms with E-state index in [1.54, 1.807) is 0 Å². The molecule has 0 bridgehead atoms. The summed E-state index contributed by atoms with van der Waals surface area (Å²) in [6.45, 7) is 3.10. The number of hydrogen-bond donors (Lipinski definition) is 1. The molecule has 2 atom stereocenters. The number of amides is 1. The van der Waals surface area contributed by atoms with E-state index in [4.69, 9.17) is 0 Å². The number of aryl methyl sites for hydroxylation is 1. The zero-order valence-corrected chi connectivity index (χ0v) is 16.2. The van der Waals surface area contributed by atoms with Crippen LogP contribution in [0, 0.1) is 6.92 Å². The summed E-state index contributed by atoms with van der Waals surface area (Å²) in [4.78, 5) is 17.4. The second-order valence-electron chi connectivity index (χ2n) is 7.58. The highest BCUT2D eigenvalue weighted by Gasteiger charge is 2.53. The van der Waals surface area contributed by atoms with Crippen LogP contribution in [0.1, 0.15) is 45.4 Å². The van der Waals surface area contributed by atoms with Crippen LogP contribution in [0.2, 0.25) is 0 Å². The van der Waals surface area contributed by atoms with Crippen molar-refractivity contribution in [2.24, 2.45) is 0 Å². The molecule has 4 rings (SSSR count). The van der Waals surface area contributed by atoms with Gasteiger partial charge in [0.05, 0.1) is 17.8 Å². The Morgan fingerprint density at radius 2 is 2.00 bits per heavy atom. The van der Waals surface area contributed by atoms with Gasteiger partial charge in [-0.1, -0.05) is 28.8 Å². The molecule has 1 aromatic carbocycles. The van der Waals surface area contributed by atoms with Gasteiger partial charge in [0.25, 0.3) is 5.91 Å². The van der Waals surface area contributed by atoms with Gasteiger partial charge in [-0.25, -0.2) is 0 Å². The van der Waals surface area contributed by atoms with Crippen molar-refractivity contribution < 1.29 is 9.90 Å². The number of aliphatic hydroxyl groups is 1. The predicted octanol–water partition coefficient (Wildman–Crippen LogP) is 2.00. The fourth-order valence-corrected chi connectivity index (χ4v) is 5.27. The minimum absolute atomic E-state index is 0.00129. The summed E-state index contributed by atoms with van der Waals surface area (Å²) in [6, 6.07) is 8.37. The number of piperidine rings is 1. The van der Waals surface area contributed by atoms with Gasteiger partial charge < -0.3 is 14.9 Å². The van der Waals surface area contributed by atoms with E-state index < -0.39 is 6.10 Å². The van der Waals surface area contributed by atoms with Crippen LogP contribution in [0.25, 0.3) is 0 Å². The van der Waals surface area contributed by atoms with Crippen molar-refractivity contribution in [1.29, 1.82) is 0 Å². The molecule has 7 heteroatoms. The van der Waals surface area contributed by atoms with Gasteiger partial charge in [0, 0.05) is 18.5 Å². The summed E-state index contributed by atoms with van der Waals surface area (Å²) in [5, 5.41) is 15.2. The number of aliphatic hydroxyl groups excluding tert-OH is 1. The van der Waals surface area contributed by atoms with Crippen LogP contribution in [-0.4, -0.2) is 63.7 Å². The maximum absolute atomic E-state index is 12.8. The molecule has 1 aromatic heterocycles. The zero-order valence-electron chi connectivity index (χ0n) is 15.3. The van der Waals surface area contributed by atoms with Gasteiger partial charge in [-0.15, -0.1) is 5.10 Å². The van der Waals surface area contributed by atoms with Crippen LogP contribution in [0.4, 0.5) is 0 Å². The highest BCUT2D eigenvalue weighted by molar-refractivity contribution is 7.07. The number of rotatable bonds is 2. The maximum Gasteiger partial charge on any atom is 0.267 e. The van der Waals surface area contributed by atoms with Crippen molar-refractivity contribution in [2.45, 2.75) is 37.3 Å². The average Bonchev–Trinajstić information content (AvgIpc) is 3.16. The van der Waals surface area contributed by atoms with Crippen LogP contribution >= 0.6 is 11.5 Å². The molecule has 1 aliphatic carbocycles. The minimum Gasteiger partial charge on any atom is -0.390 e. The number of likely N-dealkylation sites (N-methyl/N-ethyl adjacent to an activating group) is 1. The Hall–Kier alpha value is -1.83. The first-order valence-electron chi connectivity index (χ1n) is 8.98. The lowest BCUT2D eigenvalue weighted by Gasteiger charge is -2.43. The molecule has 1 spiro atoms. The second kappa shape index (κ2) is 6.40. The van der Waals surface area contributed by atoms with Gasteiger partial charge in [0.2, 0.25) is 0 Å². The number of nitrogens with zero attached hydrogens (tertiary/aromatic N) is 4. The van der Waals surface area contributed by atoms with E-state index in [1.807, 2.05) is 32.0 Å². The van der Waals surface area contributed by atoms with Crippen LogP contribution < -0.4 is 0 Å². The third-order valence-electron chi connectivity index (χ3n) is 6.03. The Labute approximate surface area is 157 Å². The molecule has 26 heavy (non-hydrogen) atoms. The molecule has 0 unspecified atom stereocenters. The van der Waals surface area contributed by atoms with E-state index in [9.17, 15) is 9.90 Å². The molecule has 138 valence electrons. The van der Waals surface area contributed by atoms with E-state index in [-0.39, 0.29) is 17.4 Å². The molecule has 1 aliphatic heterocycles. The smallest absolute Gasteiger partial charge is 0.267 e. The number of aromatic nitrogens is 2. The molecule has 2 aliphatic rings. The minimum atomic E-state index is -0.459. The molecule has 2 aromatic rings. The number of benzene rings is 1. The van der Waals surface area contributed by atoms with Crippen molar-refractivity contribution in [3.05, 3.63) is 46.0 Å². The third kappa shape index (κ3) is 2.49. The Balaban J connectivity index is 1.60. The van der Waals surface area contributed by atoms with Crippen molar-refractivity contribution in [2.75, 3.05) is 27.2 Å². The quantitative estimate of drug-likeness (QED) is 0.873. The van der Waals surface area contributed by atoms with E-state index in [1.165, 1.54) is 11.1 Å². The van der Waals surface area contributed by atoms with Crippen LogP contribution in [-0.2, 0) is 5.41 Å². The summed E-state index contributed by atoms with van der Waals surface area (Å²) in [6.07, 6.45) is 1.08. The second-order valence-corrected chi connectivity index (χ2v) is 8.33. The summed E-state index contributed by atoms with van der Waals surface area (Å²) >= 11 is 1.16. The topological polar surface area (TPSA) is 69.6 Å². The standard InChI is InChI=1S/C19H24N4O2S/c1-12-16(26-21-20-12)18(25)23-10-8-19(9-11-23)14-7-5-4-6-13(14)15(17(19)24)22(2)3/h4-7,15,17,24H,8-11H2,1-3H3/t15-,17+/m1/s1. The van der Waals surface area contributed by atoms with E-state index >= 15 is 0 Å². The Morgan fingerprint density at radius 1 is 1.31 bits per heavy atom. The first-order valence-corrected chi connectivity index (χ1v) is 9.75. The largest absolute Gasteiger partial charge is 0.390 e. The first-order chi connectivity index (χ1) is 12.5. The van der Waals surface area contributed by atoms with Crippen molar-refractivity contribution >= 4 is 17.4 Å². The predicted molar refractivity (Wildman–Crippen MR) is 100 cm³/mol. The maximum atomic E-state index is 12.8. The van der Waals surface area contributed by atoms with Crippen molar-refractivity contribution in [1.82, 2.24) is 19.4 Å². The normalized spacial score (nSPS) is 24.3. The molecule has 6 nitrogen and oxygen atoms in total. The molecule has 0 saturated carbocycles. The molecular formula is C19H24N4O2S. The van der Waals surface area contributed by atoms with E-state index in [2.05, 4.69) is 32.7 Å². The van der Waals surface area contributed by atoms with E-state index in [0.717, 1.165) is 24.4 Å². The van der Waals surface area contributed by atoms with Gasteiger partial charge in [0.15, 0.2) is 0 Å². The third-order valence-corrected chi connectivity index (χ3v) is 6.84. The lowest BCUT2D eigenvalue weighted by atomic mass is 9.72. The van der Waals surface area contributed by atoms with Gasteiger partial charge in [0.1, 0.15) is 4.88 Å². The zero-order chi connectivity index (χ0) is 18.5. The van der Waals surface area contributed by atoms with Crippen LogP contribution in [0.5, 0.6) is 0 Å². The fraction of sp³-hybridized carbons (Fsp3) is 0.526. The van der Waals surface area contributed by atoms with Crippen LogP contribution in [0.15, 0.2) is 24.3 Å². The lowest BCUT2D eigenvalue weighted by molar-refractivity contribution is -0.00138. The molecule has 0 radical (unpaired) electrons. The summed E-state index contributed by atoms with van der Waals surface area (Å²) in [5.74, 6) is 0.0114. The number of carbonyl (C=O) groups excluding carboxylic acids is 1. The molecule has 1 N–H and O–H groups in total. The average molecular weight is 372 g/mol. The number of fused-ring (bicyclic) bond motifs is 2. The highest BCUT2D eigenvalue weighted by Crippen LogP contribution is 2.52. The number of hydrogen-bond acceptors (Lipinski definition) is 6. The first kappa shape index (κ1) is 17.6. The van der Waals surface area contributed by atoms with Gasteiger partial charge in [-0.05, 0) is 56.5 Å². The summed E-state index contributed by atoms with van der Waals surface area (Å²) < 4.78 is 3.88. The molecular weight excluding hydrogens is 348 g/mol. The molecule has 2 heterocycles. The fourth-order valence-electron chi connectivity index (χ4n) is 4.65. The van der Waals surface area contributed by atoms with Gasteiger partial charge in [-0.2, -0.15) is 0 Å². The Bertz CT molecular complexity index is 826. The van der Waals surface area contributed by atoms with Crippen molar-refractivity contribution in [3.63, 3.8) is 0 Å². The van der Waals surface area contributed by atoms with Gasteiger partial charge in [-0.3, -0.25) is 4.79 Å². The summed E-state index contributed by atoms with van der Waals surface area (Å²) in [5.41, 5.74) is 2.88. The van der Waals surface area contributed by atoms with Crippen molar-refractivity contribution in [3.8, 4) is 0 Å². The Morgan fingerprint density at radius 3 is 2.62 bits per heavy atom. The van der Waals surface area contributed by atoms with E-state index in [0.29, 0.717) is 23.7 Å². The van der Waals surface area contributed by atoms with Gasteiger partial charge >= 0.3 is 0 Å². The highest BCUT2D eigenvalue weighted by atomic mass is 32.1. The Kier molecular flexibility index (Phi) is 4.33. The SMILES string of the molecule is Cc1nnsc1C(=O)N1CCC2(CC1)c1ccccc1[C@@H](N(C)C)[C@@H]2O. The molecule has 1 fully saturated rings. The number of carbonyl (C=O) groups is 1. The number of likely N-dealkylation sites (tertiary alicyclic amines) is 1. The van der Waals surface area contributed by atoms with Crippen LogP contribution in [0.3, 0.4) is 0 Å². The lowest BCUT2D eigenvalue weighted by Crippen LogP contribution is -2.50. The monoisotopic (exact) mass is 372 g/mol. The summed E-state index contributed by atoms with van der Waals surface area (Å²) in [7, 11) is 4.03.